The molecule has 0 amide bonds. The van der Waals surface area contributed by atoms with Gasteiger partial charge in [0, 0.05) is 23.6 Å². The summed E-state index contributed by atoms with van der Waals surface area (Å²) in [6.45, 7) is 0. The zero-order chi connectivity index (χ0) is 7.84. The van der Waals surface area contributed by atoms with Crippen LogP contribution in [0.1, 0.15) is 23.6 Å². The molecular weight excluding hydrogens is 180 g/mol. The minimum atomic E-state index is 0.375. The summed E-state index contributed by atoms with van der Waals surface area (Å²) in [5.41, 5.74) is 0. The van der Waals surface area contributed by atoms with Crippen LogP contribution >= 0.6 is 22.9 Å². The minimum Gasteiger partial charge on any atom is -0.300 e. The van der Waals surface area contributed by atoms with E-state index in [2.05, 4.69) is 0 Å². The number of carbonyl (C=O) groups is 1. The van der Waals surface area contributed by atoms with E-state index in [0.29, 0.717) is 11.7 Å². The predicted octanol–water partition coefficient (Wildman–Crippen LogP) is 2.85. The summed E-state index contributed by atoms with van der Waals surface area (Å²) in [6.07, 6.45) is 1.44. The van der Waals surface area contributed by atoms with Gasteiger partial charge in [0.2, 0.25) is 0 Å². The van der Waals surface area contributed by atoms with E-state index in [9.17, 15) is 4.79 Å². The molecule has 1 nitrogen and oxygen atoms in total. The van der Waals surface area contributed by atoms with Crippen molar-refractivity contribution in [2.24, 2.45) is 0 Å². The Balaban J connectivity index is 2.12. The van der Waals surface area contributed by atoms with Crippen molar-refractivity contribution in [1.29, 1.82) is 0 Å². The maximum atomic E-state index is 10.7. The second-order valence-corrected chi connectivity index (χ2v) is 4.53. The smallest absolute Gasteiger partial charge is 0.134 e. The molecule has 1 aliphatic rings. The van der Waals surface area contributed by atoms with Crippen molar-refractivity contribution in [1.82, 2.24) is 0 Å². The fourth-order valence-electron chi connectivity index (χ4n) is 1.24. The first-order valence-electron chi connectivity index (χ1n) is 3.52. The van der Waals surface area contributed by atoms with E-state index < -0.39 is 0 Å². The summed E-state index contributed by atoms with van der Waals surface area (Å²) in [4.78, 5) is 11.9. The fourth-order valence-corrected chi connectivity index (χ4v) is 2.40. The lowest BCUT2D eigenvalue weighted by molar-refractivity contribution is -0.124. The van der Waals surface area contributed by atoms with Gasteiger partial charge < -0.3 is 0 Å². The number of ketones is 1. The van der Waals surface area contributed by atoms with E-state index in [1.54, 1.807) is 11.3 Å². The van der Waals surface area contributed by atoms with E-state index >= 15 is 0 Å². The third-order valence-electron chi connectivity index (χ3n) is 1.94. The summed E-state index contributed by atoms with van der Waals surface area (Å²) in [5, 5.41) is 0. The molecule has 3 heteroatoms. The lowest BCUT2D eigenvalue weighted by atomic mass is 9.83. The molecule has 0 unspecified atom stereocenters. The Morgan fingerprint density at radius 2 is 2.18 bits per heavy atom. The molecule has 0 N–H and O–H groups in total. The Hall–Kier alpha value is -0.340. The quantitative estimate of drug-likeness (QED) is 0.659. The molecule has 11 heavy (non-hydrogen) atoms. The predicted molar refractivity (Wildman–Crippen MR) is 46.3 cm³/mol. The van der Waals surface area contributed by atoms with E-state index in [0.717, 1.165) is 17.2 Å². The molecule has 0 radical (unpaired) electrons. The minimum absolute atomic E-state index is 0.375. The first kappa shape index (κ1) is 7.32. The lowest BCUT2D eigenvalue weighted by Crippen LogP contribution is -2.19. The highest BCUT2D eigenvalue weighted by atomic mass is 35.5. The standard InChI is InChI=1S/C8H7ClOS/c9-8-2-1-7(11-8)5-3-6(10)4-5/h1-2,5H,3-4H2. The molecule has 0 aliphatic heterocycles. The van der Waals surface area contributed by atoms with Crippen molar-refractivity contribution in [3.05, 3.63) is 21.3 Å². The Bertz CT molecular complexity index is 284. The van der Waals surface area contributed by atoms with Crippen molar-refractivity contribution in [3.63, 3.8) is 0 Å². The second kappa shape index (κ2) is 2.61. The maximum Gasteiger partial charge on any atom is 0.134 e. The Labute approximate surface area is 74.0 Å². The van der Waals surface area contributed by atoms with Crippen LogP contribution in [-0.4, -0.2) is 5.78 Å². The highest BCUT2D eigenvalue weighted by molar-refractivity contribution is 7.16. The Morgan fingerprint density at radius 1 is 1.45 bits per heavy atom. The molecule has 1 aliphatic carbocycles. The highest BCUT2D eigenvalue weighted by Crippen LogP contribution is 2.38. The number of thiophene rings is 1. The molecular formula is C8H7ClOS. The summed E-state index contributed by atoms with van der Waals surface area (Å²) in [7, 11) is 0. The molecule has 0 spiro atoms. The number of carbonyl (C=O) groups excluding carboxylic acids is 1. The normalized spacial score (nSPS) is 18.5. The summed E-state index contributed by atoms with van der Waals surface area (Å²) >= 11 is 7.34. The van der Waals surface area contributed by atoms with Crippen LogP contribution in [0.15, 0.2) is 12.1 Å². The van der Waals surface area contributed by atoms with Crippen LogP contribution in [0.3, 0.4) is 0 Å². The van der Waals surface area contributed by atoms with E-state index in [-0.39, 0.29) is 0 Å². The van der Waals surface area contributed by atoms with Gasteiger partial charge in [-0.15, -0.1) is 11.3 Å². The van der Waals surface area contributed by atoms with Gasteiger partial charge in [0.1, 0.15) is 5.78 Å². The molecule has 0 bridgehead atoms. The molecule has 0 atom stereocenters. The molecule has 58 valence electrons. The van der Waals surface area contributed by atoms with Crippen molar-refractivity contribution >= 4 is 28.7 Å². The largest absolute Gasteiger partial charge is 0.300 e. The first-order valence-corrected chi connectivity index (χ1v) is 4.72. The molecule has 1 saturated carbocycles. The topological polar surface area (TPSA) is 17.1 Å². The van der Waals surface area contributed by atoms with Gasteiger partial charge in [-0.3, -0.25) is 4.79 Å². The Morgan fingerprint density at radius 3 is 2.64 bits per heavy atom. The third-order valence-corrected chi connectivity index (χ3v) is 3.34. The van der Waals surface area contributed by atoms with Crippen molar-refractivity contribution in [2.75, 3.05) is 0 Å². The second-order valence-electron chi connectivity index (χ2n) is 2.79. The van der Waals surface area contributed by atoms with Gasteiger partial charge in [-0.2, -0.15) is 0 Å². The van der Waals surface area contributed by atoms with Crippen LogP contribution in [0, 0.1) is 0 Å². The average Bonchev–Trinajstić information content (AvgIpc) is 2.29. The maximum absolute atomic E-state index is 10.7. The van der Waals surface area contributed by atoms with Crippen LogP contribution in [-0.2, 0) is 4.79 Å². The summed E-state index contributed by atoms with van der Waals surface area (Å²) < 4.78 is 0.819. The number of rotatable bonds is 1. The summed E-state index contributed by atoms with van der Waals surface area (Å²) in [6, 6.07) is 3.91. The van der Waals surface area contributed by atoms with Gasteiger partial charge in [-0.25, -0.2) is 0 Å². The van der Waals surface area contributed by atoms with Gasteiger partial charge in [0.15, 0.2) is 0 Å². The molecule has 0 aromatic carbocycles. The van der Waals surface area contributed by atoms with E-state index in [4.69, 9.17) is 11.6 Å². The Kier molecular flexibility index (Phi) is 1.74. The van der Waals surface area contributed by atoms with Crippen LogP contribution < -0.4 is 0 Å². The number of hydrogen-bond acceptors (Lipinski definition) is 2. The van der Waals surface area contributed by atoms with Crippen molar-refractivity contribution < 1.29 is 4.79 Å². The zero-order valence-electron chi connectivity index (χ0n) is 5.84. The van der Waals surface area contributed by atoms with Gasteiger partial charge in [0.25, 0.3) is 0 Å². The third kappa shape index (κ3) is 1.33. The van der Waals surface area contributed by atoms with Crippen molar-refractivity contribution in [3.8, 4) is 0 Å². The van der Waals surface area contributed by atoms with Crippen LogP contribution in [0.2, 0.25) is 4.34 Å². The molecule has 1 aromatic heterocycles. The first-order chi connectivity index (χ1) is 5.25. The highest BCUT2D eigenvalue weighted by Gasteiger charge is 2.28. The van der Waals surface area contributed by atoms with Gasteiger partial charge in [-0.05, 0) is 12.1 Å². The van der Waals surface area contributed by atoms with E-state index in [1.165, 1.54) is 4.88 Å². The molecule has 1 aromatic rings. The number of Topliss-reactive ketones (excluding diaryl/α,β-unsaturated/α-hetero) is 1. The van der Waals surface area contributed by atoms with Crippen molar-refractivity contribution in [2.45, 2.75) is 18.8 Å². The molecule has 0 saturated heterocycles. The molecule has 1 heterocycles. The monoisotopic (exact) mass is 186 g/mol. The van der Waals surface area contributed by atoms with Gasteiger partial charge in [-0.1, -0.05) is 11.6 Å². The van der Waals surface area contributed by atoms with E-state index in [1.807, 2.05) is 12.1 Å². The van der Waals surface area contributed by atoms with Gasteiger partial charge >= 0.3 is 0 Å². The SMILES string of the molecule is O=C1CC(c2ccc(Cl)s2)C1. The number of halogens is 1. The van der Waals surface area contributed by atoms with Crippen LogP contribution in [0.4, 0.5) is 0 Å². The van der Waals surface area contributed by atoms with Crippen LogP contribution in [0.25, 0.3) is 0 Å². The molecule has 1 fully saturated rings. The fraction of sp³-hybridized carbons (Fsp3) is 0.375. The summed E-state index contributed by atoms with van der Waals surface area (Å²) in [5.74, 6) is 0.847. The zero-order valence-corrected chi connectivity index (χ0v) is 7.41. The number of hydrogen-bond donors (Lipinski definition) is 0. The van der Waals surface area contributed by atoms with Crippen LogP contribution in [0.5, 0.6) is 0 Å². The van der Waals surface area contributed by atoms with Gasteiger partial charge in [0.05, 0.1) is 4.34 Å². The average molecular weight is 187 g/mol. The lowest BCUT2D eigenvalue weighted by Gasteiger charge is -2.22. The molecule has 2 rings (SSSR count).